The van der Waals surface area contributed by atoms with Gasteiger partial charge in [0.15, 0.2) is 9.84 Å². The molecule has 2 rings (SSSR count). The fraction of sp³-hybridized carbons (Fsp3) is 1.00. The molecule has 0 saturated carbocycles. The molecule has 6 nitrogen and oxygen atoms in total. The minimum Gasteiger partial charge on any atom is -0.229 e. The normalized spacial score (nSPS) is 29.8. The zero-order valence-electron chi connectivity index (χ0n) is 10.6. The van der Waals surface area contributed by atoms with Crippen LogP contribution in [0.25, 0.3) is 0 Å². The first-order valence-electron chi connectivity index (χ1n) is 6.26. The Kier molecular flexibility index (Phi) is 4.01. The molecule has 0 radical (unpaired) electrons. The molecule has 0 aromatic rings. The number of hydrogen-bond acceptors (Lipinski definition) is 4. The van der Waals surface area contributed by atoms with E-state index in [2.05, 4.69) is 0 Å². The predicted molar refractivity (Wildman–Crippen MR) is 69.2 cm³/mol. The van der Waals surface area contributed by atoms with Crippen molar-refractivity contribution in [2.45, 2.75) is 31.7 Å². The van der Waals surface area contributed by atoms with E-state index >= 15 is 0 Å². The average Bonchev–Trinajstić information content (AvgIpc) is 2.69. The quantitative estimate of drug-likeness (QED) is 0.725. The zero-order chi connectivity index (χ0) is 13.4. The Labute approximate surface area is 109 Å². The molecule has 0 spiro atoms. The number of sulfone groups is 1. The molecule has 1 unspecified atom stereocenters. The third kappa shape index (κ3) is 2.87. The predicted octanol–water partition coefficient (Wildman–Crippen LogP) is -0.164. The highest BCUT2D eigenvalue weighted by molar-refractivity contribution is 7.91. The van der Waals surface area contributed by atoms with Crippen molar-refractivity contribution in [2.75, 3.05) is 31.6 Å². The van der Waals surface area contributed by atoms with Crippen LogP contribution in [0.4, 0.5) is 0 Å². The van der Waals surface area contributed by atoms with Crippen LogP contribution in [0.2, 0.25) is 0 Å². The van der Waals surface area contributed by atoms with E-state index in [4.69, 9.17) is 0 Å². The zero-order valence-corrected chi connectivity index (χ0v) is 12.2. The maximum Gasteiger partial charge on any atom is 0.282 e. The minimum absolute atomic E-state index is 0.0451. The second kappa shape index (κ2) is 5.07. The number of piperidine rings is 1. The molecule has 0 amide bonds. The summed E-state index contributed by atoms with van der Waals surface area (Å²) in [6.45, 7) is 1.10. The Morgan fingerprint density at radius 2 is 1.78 bits per heavy atom. The molecule has 2 aliphatic rings. The Morgan fingerprint density at radius 3 is 2.28 bits per heavy atom. The van der Waals surface area contributed by atoms with E-state index in [0.29, 0.717) is 19.5 Å². The van der Waals surface area contributed by atoms with Crippen LogP contribution in [0.5, 0.6) is 0 Å². The lowest BCUT2D eigenvalue weighted by atomic mass is 10.2. The molecule has 18 heavy (non-hydrogen) atoms. The molecule has 2 heterocycles. The molecular formula is C10H20N2O4S2. The van der Waals surface area contributed by atoms with Gasteiger partial charge in [-0.05, 0) is 19.3 Å². The van der Waals surface area contributed by atoms with Crippen LogP contribution in [0, 0.1) is 0 Å². The first kappa shape index (κ1) is 14.2. The summed E-state index contributed by atoms with van der Waals surface area (Å²) in [6, 6.07) is -0.401. The van der Waals surface area contributed by atoms with Crippen LogP contribution >= 0.6 is 0 Å². The van der Waals surface area contributed by atoms with Gasteiger partial charge in [0.05, 0.1) is 11.5 Å². The van der Waals surface area contributed by atoms with Crippen molar-refractivity contribution in [1.29, 1.82) is 0 Å². The van der Waals surface area contributed by atoms with Crippen LogP contribution in [0.3, 0.4) is 0 Å². The third-order valence-electron chi connectivity index (χ3n) is 3.73. The lowest BCUT2D eigenvalue weighted by molar-refractivity contribution is 0.297. The highest BCUT2D eigenvalue weighted by Crippen LogP contribution is 2.22. The molecule has 0 aromatic carbocycles. The molecule has 2 saturated heterocycles. The fourth-order valence-electron chi connectivity index (χ4n) is 2.53. The molecule has 1 atom stereocenters. The number of hydrogen-bond donors (Lipinski definition) is 0. The summed E-state index contributed by atoms with van der Waals surface area (Å²) in [4.78, 5) is 0. The van der Waals surface area contributed by atoms with E-state index in [1.807, 2.05) is 0 Å². The van der Waals surface area contributed by atoms with Gasteiger partial charge in [-0.15, -0.1) is 0 Å². The van der Waals surface area contributed by atoms with Crippen molar-refractivity contribution < 1.29 is 16.8 Å². The van der Waals surface area contributed by atoms with E-state index in [1.54, 1.807) is 0 Å². The molecule has 0 aromatic heterocycles. The van der Waals surface area contributed by atoms with Crippen LogP contribution < -0.4 is 0 Å². The van der Waals surface area contributed by atoms with Crippen molar-refractivity contribution in [1.82, 2.24) is 8.61 Å². The van der Waals surface area contributed by atoms with Gasteiger partial charge in [0.25, 0.3) is 10.2 Å². The first-order valence-corrected chi connectivity index (χ1v) is 9.48. The highest BCUT2D eigenvalue weighted by atomic mass is 32.2. The van der Waals surface area contributed by atoms with Crippen molar-refractivity contribution >= 4 is 20.0 Å². The molecular weight excluding hydrogens is 276 g/mol. The topological polar surface area (TPSA) is 74.8 Å². The first-order chi connectivity index (χ1) is 8.33. The smallest absolute Gasteiger partial charge is 0.229 e. The minimum atomic E-state index is -3.49. The Bertz CT molecular complexity index is 494. The summed E-state index contributed by atoms with van der Waals surface area (Å²) in [5, 5.41) is 0. The molecule has 0 aliphatic carbocycles. The van der Waals surface area contributed by atoms with Gasteiger partial charge in [0.1, 0.15) is 0 Å². The summed E-state index contributed by atoms with van der Waals surface area (Å²) in [5.74, 6) is 0.0497. The SMILES string of the molecule is CN(C1CCS(=O)(=O)C1)S(=O)(=O)N1CCCCC1. The highest BCUT2D eigenvalue weighted by Gasteiger charge is 2.38. The molecule has 0 bridgehead atoms. The van der Waals surface area contributed by atoms with Gasteiger partial charge in [-0.25, -0.2) is 8.42 Å². The Hall–Kier alpha value is -0.180. The van der Waals surface area contributed by atoms with Gasteiger partial charge in [-0.3, -0.25) is 0 Å². The number of nitrogens with zero attached hydrogens (tertiary/aromatic N) is 2. The monoisotopic (exact) mass is 296 g/mol. The van der Waals surface area contributed by atoms with E-state index in [1.165, 1.54) is 15.7 Å². The lowest BCUT2D eigenvalue weighted by Crippen LogP contribution is -2.48. The third-order valence-corrected chi connectivity index (χ3v) is 7.52. The van der Waals surface area contributed by atoms with Gasteiger partial charge in [-0.1, -0.05) is 6.42 Å². The van der Waals surface area contributed by atoms with Gasteiger partial charge < -0.3 is 0 Å². The maximum absolute atomic E-state index is 12.3. The van der Waals surface area contributed by atoms with Crippen LogP contribution in [-0.2, 0) is 20.0 Å². The van der Waals surface area contributed by atoms with Crippen molar-refractivity contribution in [3.63, 3.8) is 0 Å². The van der Waals surface area contributed by atoms with E-state index < -0.39 is 26.1 Å². The summed E-state index contributed by atoms with van der Waals surface area (Å²) < 4.78 is 50.2. The Morgan fingerprint density at radius 1 is 1.17 bits per heavy atom. The molecule has 2 fully saturated rings. The van der Waals surface area contributed by atoms with Crippen molar-refractivity contribution in [2.24, 2.45) is 0 Å². The average molecular weight is 296 g/mol. The van der Waals surface area contributed by atoms with Gasteiger partial charge in [0, 0.05) is 26.2 Å². The maximum atomic E-state index is 12.3. The van der Waals surface area contributed by atoms with E-state index in [0.717, 1.165) is 19.3 Å². The summed E-state index contributed by atoms with van der Waals surface area (Å²) in [6.07, 6.45) is 3.24. The molecule has 0 N–H and O–H groups in total. The lowest BCUT2D eigenvalue weighted by Gasteiger charge is -2.32. The van der Waals surface area contributed by atoms with Gasteiger partial charge >= 0.3 is 0 Å². The van der Waals surface area contributed by atoms with Crippen LogP contribution in [-0.4, -0.2) is 63.1 Å². The van der Waals surface area contributed by atoms with E-state index in [9.17, 15) is 16.8 Å². The Balaban J connectivity index is 2.10. The summed E-state index contributed by atoms with van der Waals surface area (Å²) in [5.41, 5.74) is 0. The number of rotatable bonds is 3. The van der Waals surface area contributed by atoms with Gasteiger partial charge in [-0.2, -0.15) is 17.0 Å². The molecule has 2 aliphatic heterocycles. The second-order valence-corrected chi connectivity index (χ2v) is 9.26. The largest absolute Gasteiger partial charge is 0.282 e. The standard InChI is InChI=1S/C10H20N2O4S2/c1-11(10-5-8-17(13,14)9-10)18(15,16)12-6-3-2-4-7-12/h10H,2-9H2,1H3. The van der Waals surface area contributed by atoms with Crippen molar-refractivity contribution in [3.8, 4) is 0 Å². The second-order valence-electron chi connectivity index (χ2n) is 5.04. The molecule has 8 heteroatoms. The van der Waals surface area contributed by atoms with Gasteiger partial charge in [0.2, 0.25) is 0 Å². The fourth-order valence-corrected chi connectivity index (χ4v) is 6.04. The summed E-state index contributed by atoms with van der Waals surface area (Å²) in [7, 11) is -5.05. The van der Waals surface area contributed by atoms with E-state index in [-0.39, 0.29) is 11.5 Å². The van der Waals surface area contributed by atoms with Crippen LogP contribution in [0.15, 0.2) is 0 Å². The van der Waals surface area contributed by atoms with Crippen molar-refractivity contribution in [3.05, 3.63) is 0 Å². The summed E-state index contributed by atoms with van der Waals surface area (Å²) >= 11 is 0. The van der Waals surface area contributed by atoms with Crippen LogP contribution in [0.1, 0.15) is 25.7 Å². The molecule has 106 valence electrons.